The highest BCUT2D eigenvalue weighted by atomic mass is 32.2. The minimum atomic E-state index is -0.472. The average Bonchev–Trinajstić information content (AvgIpc) is 3.02. The second-order valence-electron chi connectivity index (χ2n) is 7.10. The zero-order valence-corrected chi connectivity index (χ0v) is 17.4. The Morgan fingerprint density at radius 1 is 1.29 bits per heavy atom. The van der Waals surface area contributed by atoms with E-state index in [2.05, 4.69) is 5.16 Å². The molecule has 2 aromatic rings. The van der Waals surface area contributed by atoms with Gasteiger partial charge >= 0.3 is 5.97 Å². The van der Waals surface area contributed by atoms with E-state index in [1.54, 1.807) is 12.1 Å². The SMILES string of the molecule is Cc1noc(C)c1CSc1ccccc1C(=O)OCC(=O)N1CCCC[C@H]1C. The number of hydrogen-bond donors (Lipinski definition) is 0. The number of carbonyl (C=O) groups excluding carboxylic acids is 2. The lowest BCUT2D eigenvalue weighted by Crippen LogP contribution is -2.44. The normalized spacial score (nSPS) is 16.8. The van der Waals surface area contributed by atoms with Gasteiger partial charge in [0.15, 0.2) is 6.61 Å². The first kappa shape index (κ1) is 20.5. The number of benzene rings is 1. The van der Waals surface area contributed by atoms with Crippen LogP contribution in [0, 0.1) is 13.8 Å². The van der Waals surface area contributed by atoms with Crippen molar-refractivity contribution in [3.8, 4) is 0 Å². The second-order valence-corrected chi connectivity index (χ2v) is 8.11. The lowest BCUT2D eigenvalue weighted by atomic mass is 10.0. The molecule has 1 amide bonds. The molecular formula is C21H26N2O4S. The van der Waals surface area contributed by atoms with Crippen molar-refractivity contribution in [2.24, 2.45) is 0 Å². The predicted octanol–water partition coefficient (Wildman–Crippen LogP) is 4.14. The molecule has 150 valence electrons. The fourth-order valence-corrected chi connectivity index (χ4v) is 4.57. The molecule has 0 saturated carbocycles. The monoisotopic (exact) mass is 402 g/mol. The largest absolute Gasteiger partial charge is 0.452 e. The molecule has 1 aromatic heterocycles. The quantitative estimate of drug-likeness (QED) is 0.534. The number of esters is 1. The molecule has 0 N–H and O–H groups in total. The topological polar surface area (TPSA) is 72.6 Å². The summed E-state index contributed by atoms with van der Waals surface area (Å²) >= 11 is 1.53. The number of nitrogens with zero attached hydrogens (tertiary/aromatic N) is 2. The number of amides is 1. The zero-order chi connectivity index (χ0) is 20.1. The number of aryl methyl sites for hydroxylation is 2. The summed E-state index contributed by atoms with van der Waals surface area (Å²) in [4.78, 5) is 27.6. The lowest BCUT2D eigenvalue weighted by molar-refractivity contribution is -0.137. The maximum Gasteiger partial charge on any atom is 0.339 e. The third-order valence-electron chi connectivity index (χ3n) is 5.11. The molecule has 0 radical (unpaired) electrons. The highest BCUT2D eigenvalue weighted by Crippen LogP contribution is 2.29. The van der Waals surface area contributed by atoms with Crippen molar-refractivity contribution in [1.29, 1.82) is 0 Å². The molecule has 7 heteroatoms. The molecule has 1 fully saturated rings. The highest BCUT2D eigenvalue weighted by molar-refractivity contribution is 7.98. The van der Waals surface area contributed by atoms with Gasteiger partial charge in [-0.15, -0.1) is 11.8 Å². The molecule has 28 heavy (non-hydrogen) atoms. The molecule has 0 unspecified atom stereocenters. The summed E-state index contributed by atoms with van der Waals surface area (Å²) in [7, 11) is 0. The van der Waals surface area contributed by atoms with E-state index in [-0.39, 0.29) is 18.6 Å². The molecule has 1 saturated heterocycles. The number of piperidine rings is 1. The molecule has 1 atom stereocenters. The lowest BCUT2D eigenvalue weighted by Gasteiger charge is -2.33. The van der Waals surface area contributed by atoms with Crippen LogP contribution in [0.25, 0.3) is 0 Å². The van der Waals surface area contributed by atoms with E-state index in [9.17, 15) is 9.59 Å². The first-order valence-corrected chi connectivity index (χ1v) is 10.6. The number of carbonyl (C=O) groups is 2. The van der Waals surface area contributed by atoms with E-state index in [0.717, 1.165) is 47.7 Å². The number of thioether (sulfide) groups is 1. The van der Waals surface area contributed by atoms with Crippen LogP contribution < -0.4 is 0 Å². The van der Waals surface area contributed by atoms with Gasteiger partial charge in [-0.1, -0.05) is 17.3 Å². The smallest absolute Gasteiger partial charge is 0.339 e. The van der Waals surface area contributed by atoms with Gasteiger partial charge in [0.2, 0.25) is 0 Å². The average molecular weight is 403 g/mol. The van der Waals surface area contributed by atoms with Gasteiger partial charge < -0.3 is 14.2 Å². The fraction of sp³-hybridized carbons (Fsp3) is 0.476. The van der Waals surface area contributed by atoms with Crippen molar-refractivity contribution < 1.29 is 18.8 Å². The fourth-order valence-electron chi connectivity index (χ4n) is 3.38. The first-order valence-electron chi connectivity index (χ1n) is 9.57. The van der Waals surface area contributed by atoms with Crippen LogP contribution in [0.5, 0.6) is 0 Å². The van der Waals surface area contributed by atoms with Gasteiger partial charge in [-0.3, -0.25) is 4.79 Å². The van der Waals surface area contributed by atoms with Crippen LogP contribution in [-0.4, -0.2) is 41.1 Å². The summed E-state index contributed by atoms with van der Waals surface area (Å²) < 4.78 is 10.5. The number of aromatic nitrogens is 1. The van der Waals surface area contributed by atoms with E-state index in [0.29, 0.717) is 11.3 Å². The van der Waals surface area contributed by atoms with Gasteiger partial charge in [0.05, 0.1) is 11.3 Å². The van der Waals surface area contributed by atoms with Crippen LogP contribution in [0.4, 0.5) is 0 Å². The molecule has 0 spiro atoms. The van der Waals surface area contributed by atoms with E-state index >= 15 is 0 Å². The van der Waals surface area contributed by atoms with Crippen molar-refractivity contribution in [3.63, 3.8) is 0 Å². The van der Waals surface area contributed by atoms with Gasteiger partial charge in [0.1, 0.15) is 5.76 Å². The Hall–Kier alpha value is -2.28. The third-order valence-corrected chi connectivity index (χ3v) is 6.21. The van der Waals surface area contributed by atoms with Crippen LogP contribution in [0.2, 0.25) is 0 Å². The van der Waals surface area contributed by atoms with Crippen LogP contribution >= 0.6 is 11.8 Å². The maximum absolute atomic E-state index is 12.6. The Balaban J connectivity index is 1.61. The minimum Gasteiger partial charge on any atom is -0.452 e. The van der Waals surface area contributed by atoms with Crippen LogP contribution in [-0.2, 0) is 15.3 Å². The van der Waals surface area contributed by atoms with E-state index in [4.69, 9.17) is 9.26 Å². The molecule has 1 aliphatic heterocycles. The van der Waals surface area contributed by atoms with Gasteiger partial charge in [-0.25, -0.2) is 4.79 Å². The highest BCUT2D eigenvalue weighted by Gasteiger charge is 2.24. The summed E-state index contributed by atoms with van der Waals surface area (Å²) in [6, 6.07) is 7.50. The van der Waals surface area contributed by atoms with E-state index in [1.807, 2.05) is 37.8 Å². The Bertz CT molecular complexity index is 829. The van der Waals surface area contributed by atoms with Crippen molar-refractivity contribution in [2.75, 3.05) is 13.2 Å². The number of ether oxygens (including phenoxy) is 1. The Labute approximate surface area is 169 Å². The summed E-state index contributed by atoms with van der Waals surface area (Å²) in [5, 5.41) is 3.96. The molecule has 3 rings (SSSR count). The molecule has 1 aliphatic rings. The predicted molar refractivity (Wildman–Crippen MR) is 107 cm³/mol. The molecule has 0 bridgehead atoms. The molecule has 6 nitrogen and oxygen atoms in total. The minimum absolute atomic E-state index is 0.124. The van der Waals surface area contributed by atoms with Crippen molar-refractivity contribution in [1.82, 2.24) is 10.1 Å². The van der Waals surface area contributed by atoms with Gasteiger partial charge in [-0.05, 0) is 52.2 Å². The van der Waals surface area contributed by atoms with Crippen LogP contribution in [0.3, 0.4) is 0 Å². The second kappa shape index (κ2) is 9.28. The maximum atomic E-state index is 12.6. The van der Waals surface area contributed by atoms with Crippen LogP contribution in [0.15, 0.2) is 33.7 Å². The number of hydrogen-bond acceptors (Lipinski definition) is 6. The molecule has 1 aromatic carbocycles. The van der Waals surface area contributed by atoms with Crippen molar-refractivity contribution >= 4 is 23.6 Å². The van der Waals surface area contributed by atoms with Crippen molar-refractivity contribution in [3.05, 3.63) is 46.8 Å². The molecular weight excluding hydrogens is 376 g/mol. The van der Waals surface area contributed by atoms with E-state index < -0.39 is 5.97 Å². The van der Waals surface area contributed by atoms with Crippen LogP contribution in [0.1, 0.15) is 53.6 Å². The van der Waals surface area contributed by atoms with Gasteiger partial charge in [0.25, 0.3) is 5.91 Å². The number of rotatable bonds is 6. The first-order chi connectivity index (χ1) is 13.5. The number of likely N-dealkylation sites (tertiary alicyclic amines) is 1. The summed E-state index contributed by atoms with van der Waals surface area (Å²) in [5.74, 6) is 0.836. The zero-order valence-electron chi connectivity index (χ0n) is 16.6. The Kier molecular flexibility index (Phi) is 6.78. The standard InChI is InChI=1S/C21H26N2O4S/c1-14-8-6-7-11-23(14)20(24)12-26-21(25)17-9-4-5-10-19(17)28-13-18-15(2)22-27-16(18)3/h4-5,9-10,14H,6-8,11-13H2,1-3H3/t14-/m1/s1. The third kappa shape index (κ3) is 4.76. The summed E-state index contributed by atoms with van der Waals surface area (Å²) in [6.45, 7) is 6.34. The van der Waals surface area contributed by atoms with Gasteiger partial charge in [-0.2, -0.15) is 0 Å². The van der Waals surface area contributed by atoms with Gasteiger partial charge in [0, 0.05) is 28.8 Å². The Morgan fingerprint density at radius 2 is 2.07 bits per heavy atom. The van der Waals surface area contributed by atoms with Crippen molar-refractivity contribution in [2.45, 2.75) is 56.7 Å². The Morgan fingerprint density at radius 3 is 2.79 bits per heavy atom. The van der Waals surface area contributed by atoms with E-state index in [1.165, 1.54) is 11.8 Å². The summed E-state index contributed by atoms with van der Waals surface area (Å²) in [5.41, 5.74) is 2.35. The molecule has 0 aliphatic carbocycles. The molecule has 2 heterocycles. The summed E-state index contributed by atoms with van der Waals surface area (Å²) in [6.07, 6.45) is 3.15.